The van der Waals surface area contributed by atoms with Gasteiger partial charge in [0.25, 0.3) is 0 Å². The molecule has 0 aromatic heterocycles. The van der Waals surface area contributed by atoms with Crippen LogP contribution in [0.15, 0.2) is 24.7 Å². The molecular formula is C8H17N3Y2-2. The van der Waals surface area contributed by atoms with Crippen molar-refractivity contribution in [2.75, 3.05) is 7.05 Å². The van der Waals surface area contributed by atoms with Crippen molar-refractivity contribution >= 4 is 0 Å². The molecule has 0 bridgehead atoms. The van der Waals surface area contributed by atoms with Gasteiger partial charge < -0.3 is 16.0 Å². The number of rotatable bonds is 3. The van der Waals surface area contributed by atoms with E-state index in [4.69, 9.17) is 0 Å². The average molecular weight is 333 g/mol. The molecular weight excluding hydrogens is 316 g/mol. The number of allylic oxidation sites excluding steroid dienone is 1. The van der Waals surface area contributed by atoms with Crippen LogP contribution in [0.3, 0.4) is 0 Å². The minimum Gasteiger partial charge on any atom is -0.542 e. The Bertz CT molecular complexity index is 121. The van der Waals surface area contributed by atoms with Crippen LogP contribution in [0.1, 0.15) is 6.92 Å². The van der Waals surface area contributed by atoms with Gasteiger partial charge in [-0.15, -0.1) is 0 Å². The van der Waals surface area contributed by atoms with E-state index in [2.05, 4.69) is 43.2 Å². The Kier molecular flexibility index (Phi) is 34.3. The summed E-state index contributed by atoms with van der Waals surface area (Å²) in [5.74, 6) is 0.731. The zero-order chi connectivity index (χ0) is 9.28. The molecule has 0 aliphatic heterocycles. The molecule has 0 rings (SSSR count). The second kappa shape index (κ2) is 18.8. The van der Waals surface area contributed by atoms with Gasteiger partial charge >= 0.3 is 0 Å². The van der Waals surface area contributed by atoms with Crippen LogP contribution in [0.25, 0.3) is 0 Å². The zero-order valence-electron chi connectivity index (χ0n) is 8.48. The third-order valence-corrected chi connectivity index (χ3v) is 0.817. The molecule has 2 radical (unpaired) electrons. The predicted octanol–water partition coefficient (Wildman–Crippen LogP) is 0.954. The summed E-state index contributed by atoms with van der Waals surface area (Å²) in [4.78, 5) is 0. The molecule has 0 saturated carbocycles. The summed E-state index contributed by atoms with van der Waals surface area (Å²) in [6.45, 7) is 8.86. The largest absolute Gasteiger partial charge is 0.542 e. The van der Waals surface area contributed by atoms with E-state index in [0.29, 0.717) is 0 Å². The topological polar surface area (TPSA) is 36.1 Å². The van der Waals surface area contributed by atoms with Gasteiger partial charge in [-0.25, -0.2) is 0 Å². The molecule has 0 fully saturated rings. The molecule has 0 amide bonds. The summed E-state index contributed by atoms with van der Waals surface area (Å²) in [6, 6.07) is 0. The fourth-order valence-electron chi connectivity index (χ4n) is 0.0884. The van der Waals surface area contributed by atoms with E-state index < -0.39 is 0 Å². The first-order chi connectivity index (χ1) is 5.08. The normalized spacial score (nSPS) is 5.85. The molecule has 0 aromatic carbocycles. The summed E-state index contributed by atoms with van der Waals surface area (Å²) in [6.07, 6.45) is 0. The summed E-state index contributed by atoms with van der Waals surface area (Å²) in [5, 5.41) is 7.89. The summed E-state index contributed by atoms with van der Waals surface area (Å²) >= 11 is 0. The first-order valence-corrected chi connectivity index (χ1v) is 3.16. The molecule has 13 heavy (non-hydrogen) atoms. The van der Waals surface area contributed by atoms with Crippen molar-refractivity contribution in [1.29, 1.82) is 0 Å². The van der Waals surface area contributed by atoms with E-state index in [9.17, 15) is 0 Å². The van der Waals surface area contributed by atoms with E-state index >= 15 is 0 Å². The van der Waals surface area contributed by atoms with Crippen molar-refractivity contribution in [3.63, 3.8) is 0 Å². The van der Waals surface area contributed by atoms with Crippen molar-refractivity contribution in [3.05, 3.63) is 38.8 Å². The van der Waals surface area contributed by atoms with Crippen molar-refractivity contribution in [2.45, 2.75) is 6.92 Å². The van der Waals surface area contributed by atoms with E-state index in [1.54, 1.807) is 7.05 Å². The van der Waals surface area contributed by atoms with Crippen molar-refractivity contribution in [3.8, 4) is 0 Å². The van der Waals surface area contributed by atoms with Crippen LogP contribution in [0.5, 0.6) is 0 Å². The maximum absolute atomic E-state index is 3.51. The minimum atomic E-state index is 0. The Labute approximate surface area is 132 Å². The monoisotopic (exact) mass is 333 g/mol. The summed E-state index contributed by atoms with van der Waals surface area (Å²) in [5.41, 5.74) is 0.894. The van der Waals surface area contributed by atoms with E-state index in [0.717, 1.165) is 11.5 Å². The Morgan fingerprint density at radius 3 is 1.38 bits per heavy atom. The standard InChI is InChI=1S/C4H9N2.C4H8N.2Y/c1-4(5-2)6-3;1-4(2)5-3;;/h5-6H,1-2H2,3H3;5H,1,3H2,2H3;;/q2*-1;;. The second-order valence-corrected chi connectivity index (χ2v) is 1.86. The molecule has 0 aliphatic carbocycles. The molecule has 0 atom stereocenters. The van der Waals surface area contributed by atoms with Crippen LogP contribution in [0, 0.1) is 14.1 Å². The van der Waals surface area contributed by atoms with Crippen molar-refractivity contribution in [2.24, 2.45) is 0 Å². The molecule has 3 N–H and O–H groups in total. The van der Waals surface area contributed by atoms with Crippen LogP contribution in [0.2, 0.25) is 0 Å². The van der Waals surface area contributed by atoms with Gasteiger partial charge in [-0.2, -0.15) is 0 Å². The Balaban J connectivity index is -0.0000000546. The van der Waals surface area contributed by atoms with Gasteiger partial charge in [0.1, 0.15) is 0 Å². The number of hydrogen-bond donors (Lipinski definition) is 3. The smallest absolute Gasteiger partial charge is 0.0610 e. The molecule has 0 spiro atoms. The van der Waals surface area contributed by atoms with Gasteiger partial charge in [-0.05, 0) is 12.6 Å². The predicted molar refractivity (Wildman–Crippen MR) is 50.0 cm³/mol. The van der Waals surface area contributed by atoms with Crippen LogP contribution in [0.4, 0.5) is 0 Å². The van der Waals surface area contributed by atoms with E-state index in [-0.39, 0.29) is 65.4 Å². The first-order valence-electron chi connectivity index (χ1n) is 3.16. The van der Waals surface area contributed by atoms with Crippen molar-refractivity contribution < 1.29 is 65.4 Å². The van der Waals surface area contributed by atoms with Gasteiger partial charge in [-0.3, -0.25) is 14.1 Å². The SMILES string of the molecule is C=C(C)N[CH2-].C=C(N[CH2-])NC.[Y].[Y]. The maximum atomic E-state index is 3.51. The number of hydrogen-bond acceptors (Lipinski definition) is 3. The molecule has 5 heteroatoms. The summed E-state index contributed by atoms with van der Waals surface area (Å²) in [7, 11) is 8.46. The van der Waals surface area contributed by atoms with Crippen LogP contribution in [-0.2, 0) is 65.4 Å². The Hall–Kier alpha value is 1.09. The Morgan fingerprint density at radius 1 is 1.08 bits per heavy atom. The van der Waals surface area contributed by atoms with Gasteiger partial charge in [-0.1, -0.05) is 13.2 Å². The second-order valence-electron chi connectivity index (χ2n) is 1.86. The average Bonchev–Trinajstić information content (AvgIpc) is 2.04. The number of nitrogens with one attached hydrogen (secondary N) is 3. The van der Waals surface area contributed by atoms with Gasteiger partial charge in [0.15, 0.2) is 0 Å². The fourth-order valence-corrected chi connectivity index (χ4v) is 0.0884. The third-order valence-electron chi connectivity index (χ3n) is 0.817. The van der Waals surface area contributed by atoms with Crippen LogP contribution < -0.4 is 16.0 Å². The van der Waals surface area contributed by atoms with Gasteiger partial charge in [0.2, 0.25) is 0 Å². The molecule has 0 aliphatic rings. The molecule has 0 saturated heterocycles. The van der Waals surface area contributed by atoms with Gasteiger partial charge in [0, 0.05) is 72.5 Å². The minimum absolute atomic E-state index is 0. The first kappa shape index (κ1) is 23.7. The molecule has 72 valence electrons. The zero-order valence-corrected chi connectivity index (χ0v) is 14.2. The summed E-state index contributed by atoms with van der Waals surface area (Å²) < 4.78 is 0. The Morgan fingerprint density at radius 2 is 1.38 bits per heavy atom. The fraction of sp³-hybridized carbons (Fsp3) is 0.250. The quantitative estimate of drug-likeness (QED) is 0.674. The molecule has 0 aromatic rings. The van der Waals surface area contributed by atoms with E-state index in [1.165, 1.54) is 0 Å². The third kappa shape index (κ3) is 32.0. The molecule has 0 heterocycles. The molecule has 0 unspecified atom stereocenters. The van der Waals surface area contributed by atoms with Crippen LogP contribution in [-0.4, -0.2) is 7.05 Å². The van der Waals surface area contributed by atoms with Gasteiger partial charge in [0.05, 0.1) is 5.82 Å². The van der Waals surface area contributed by atoms with Crippen molar-refractivity contribution in [1.82, 2.24) is 16.0 Å². The molecule has 3 nitrogen and oxygen atoms in total. The van der Waals surface area contributed by atoms with Crippen LogP contribution >= 0.6 is 0 Å². The maximum Gasteiger partial charge on any atom is 0.0610 e. The van der Waals surface area contributed by atoms with E-state index in [1.807, 2.05) is 6.92 Å².